The predicted octanol–water partition coefficient (Wildman–Crippen LogP) is 9.45. The van der Waals surface area contributed by atoms with E-state index in [1.807, 2.05) is 19.9 Å². The van der Waals surface area contributed by atoms with Gasteiger partial charge in [-0.3, -0.25) is 4.79 Å². The molecule has 0 amide bonds. The maximum Gasteiger partial charge on any atom is 0.192 e. The first-order chi connectivity index (χ1) is 18.9. The smallest absolute Gasteiger partial charge is 0.192 e. The summed E-state index contributed by atoms with van der Waals surface area (Å²) in [6, 6.07) is 0. The van der Waals surface area contributed by atoms with Gasteiger partial charge in [-0.1, -0.05) is 85.1 Å². The standard InChI is InChI=1S/C34H64O5Si2/c1-13-36-26(2)37-24-18-17-21-28-29(32(25-30(28)35)39-41(11,12)34(6,7)8)22-23-31(27-19-15-14-16-20-27)38-40(9,10)33(3,4)5/h17-18,22-23,26-29,31-32H,13-16,19-21,24-25H2,1-12H3/b18-17-,23-22+/t26?,28-,29-,31-,32-/m1/s1. The van der Waals surface area contributed by atoms with E-state index in [9.17, 15) is 4.79 Å². The van der Waals surface area contributed by atoms with Gasteiger partial charge in [0.2, 0.25) is 0 Å². The van der Waals surface area contributed by atoms with Gasteiger partial charge in [0.15, 0.2) is 22.9 Å². The fourth-order valence-corrected chi connectivity index (χ4v) is 8.13. The van der Waals surface area contributed by atoms with Gasteiger partial charge in [0.1, 0.15) is 5.78 Å². The SMILES string of the molecule is CCOC(C)OC/C=C\C[C@H]1C(=O)C[C@@H](O[Si](C)(C)C(C)(C)C)[C@@H]1/C=C/[C@@H](O[Si](C)(C)C(C)(C)C)C1CCCCC1. The van der Waals surface area contributed by atoms with Crippen LogP contribution in [0.5, 0.6) is 0 Å². The lowest BCUT2D eigenvalue weighted by molar-refractivity contribution is -0.121. The lowest BCUT2D eigenvalue weighted by atomic mass is 9.84. The van der Waals surface area contributed by atoms with Gasteiger partial charge in [-0.2, -0.15) is 0 Å². The van der Waals surface area contributed by atoms with Gasteiger partial charge in [0.25, 0.3) is 0 Å². The Morgan fingerprint density at radius 3 is 2.07 bits per heavy atom. The number of Topliss-reactive ketones (excluding diaryl/α,β-unsaturated/α-hetero) is 1. The number of hydrogen-bond donors (Lipinski definition) is 0. The number of ketones is 1. The van der Waals surface area contributed by atoms with E-state index >= 15 is 0 Å². The molecule has 2 aliphatic carbocycles. The molecule has 0 radical (unpaired) electrons. The highest BCUT2D eigenvalue weighted by molar-refractivity contribution is 6.74. The number of carbonyl (C=O) groups excluding carboxylic acids is 1. The van der Waals surface area contributed by atoms with Crippen molar-refractivity contribution < 1.29 is 23.1 Å². The van der Waals surface area contributed by atoms with E-state index in [-0.39, 0.29) is 40.4 Å². The van der Waals surface area contributed by atoms with Gasteiger partial charge in [-0.15, -0.1) is 0 Å². The minimum Gasteiger partial charge on any atom is -0.413 e. The summed E-state index contributed by atoms with van der Waals surface area (Å²) in [6.07, 6.45) is 16.2. The maximum absolute atomic E-state index is 13.5. The highest BCUT2D eigenvalue weighted by Crippen LogP contribution is 2.44. The Morgan fingerprint density at radius 2 is 1.51 bits per heavy atom. The van der Waals surface area contributed by atoms with Crippen LogP contribution in [-0.4, -0.2) is 54.1 Å². The molecule has 238 valence electrons. The third kappa shape index (κ3) is 10.8. The summed E-state index contributed by atoms with van der Waals surface area (Å²) in [5.41, 5.74) is 0. The molecule has 0 aromatic carbocycles. The van der Waals surface area contributed by atoms with Crippen molar-refractivity contribution in [1.29, 1.82) is 0 Å². The topological polar surface area (TPSA) is 54.0 Å². The lowest BCUT2D eigenvalue weighted by Gasteiger charge is -2.42. The average molecular weight is 609 g/mol. The molecule has 2 saturated carbocycles. The van der Waals surface area contributed by atoms with Crippen LogP contribution in [0.15, 0.2) is 24.3 Å². The molecule has 2 aliphatic rings. The van der Waals surface area contributed by atoms with E-state index < -0.39 is 16.6 Å². The van der Waals surface area contributed by atoms with E-state index in [0.717, 1.165) is 0 Å². The number of carbonyl (C=O) groups is 1. The van der Waals surface area contributed by atoms with Gasteiger partial charge in [-0.05, 0) is 75.3 Å². The minimum absolute atomic E-state index is 0.0543. The fraction of sp³-hybridized carbons (Fsp3) is 0.853. The molecule has 41 heavy (non-hydrogen) atoms. The molecule has 5 nitrogen and oxygen atoms in total. The summed E-state index contributed by atoms with van der Waals surface area (Å²) < 4.78 is 25.2. The first kappa shape index (κ1) is 36.6. The van der Waals surface area contributed by atoms with Crippen LogP contribution < -0.4 is 0 Å². The molecule has 0 aliphatic heterocycles. The van der Waals surface area contributed by atoms with E-state index in [2.05, 4.69) is 86.0 Å². The second kappa shape index (κ2) is 15.4. The predicted molar refractivity (Wildman–Crippen MR) is 177 cm³/mol. The summed E-state index contributed by atoms with van der Waals surface area (Å²) >= 11 is 0. The summed E-state index contributed by atoms with van der Waals surface area (Å²) in [4.78, 5) is 13.5. The van der Waals surface area contributed by atoms with Crippen LogP contribution in [0.2, 0.25) is 36.3 Å². The number of allylic oxidation sites excluding steroid dienone is 1. The quantitative estimate of drug-likeness (QED) is 0.112. The van der Waals surface area contributed by atoms with Crippen molar-refractivity contribution in [3.8, 4) is 0 Å². The molecule has 2 rings (SSSR count). The maximum atomic E-state index is 13.5. The summed E-state index contributed by atoms with van der Waals surface area (Å²) in [6.45, 7) is 28.1. The molecule has 0 aromatic heterocycles. The molecular formula is C34H64O5Si2. The fourth-order valence-electron chi connectivity index (χ4n) is 5.48. The molecule has 0 aromatic rings. The molecule has 0 saturated heterocycles. The van der Waals surface area contributed by atoms with Crippen LogP contribution in [0.1, 0.15) is 100 Å². The molecule has 0 bridgehead atoms. The third-order valence-corrected chi connectivity index (χ3v) is 19.2. The Kier molecular flexibility index (Phi) is 13.8. The van der Waals surface area contributed by atoms with Crippen LogP contribution >= 0.6 is 0 Å². The average Bonchev–Trinajstić information content (AvgIpc) is 3.13. The van der Waals surface area contributed by atoms with E-state index in [1.165, 1.54) is 32.1 Å². The highest BCUT2D eigenvalue weighted by Gasteiger charge is 2.47. The zero-order chi connectivity index (χ0) is 31.1. The van der Waals surface area contributed by atoms with Gasteiger partial charge in [0.05, 0.1) is 18.8 Å². The largest absolute Gasteiger partial charge is 0.413 e. The first-order valence-corrected chi connectivity index (χ1v) is 22.2. The summed E-state index contributed by atoms with van der Waals surface area (Å²) in [7, 11) is -4.01. The zero-order valence-corrected chi connectivity index (χ0v) is 30.7. The van der Waals surface area contributed by atoms with Gasteiger partial charge >= 0.3 is 0 Å². The molecule has 5 atom stereocenters. The van der Waals surface area contributed by atoms with E-state index in [1.54, 1.807) is 0 Å². The van der Waals surface area contributed by atoms with Crippen LogP contribution in [0.3, 0.4) is 0 Å². The third-order valence-electron chi connectivity index (χ3n) is 10.2. The first-order valence-electron chi connectivity index (χ1n) is 16.3. The van der Waals surface area contributed by atoms with Crippen LogP contribution in [-0.2, 0) is 23.1 Å². The van der Waals surface area contributed by atoms with Crippen molar-refractivity contribution in [2.24, 2.45) is 17.8 Å². The Hall–Kier alpha value is -0.576. The molecule has 2 fully saturated rings. The van der Waals surface area contributed by atoms with Crippen molar-refractivity contribution in [3.63, 3.8) is 0 Å². The Morgan fingerprint density at radius 1 is 0.902 bits per heavy atom. The van der Waals surface area contributed by atoms with Gasteiger partial charge in [0, 0.05) is 24.9 Å². The second-order valence-electron chi connectivity index (χ2n) is 15.5. The molecule has 7 heteroatoms. The molecule has 0 N–H and O–H groups in total. The van der Waals surface area contributed by atoms with Crippen LogP contribution in [0, 0.1) is 17.8 Å². The zero-order valence-electron chi connectivity index (χ0n) is 28.7. The minimum atomic E-state index is -2.05. The van der Waals surface area contributed by atoms with Crippen molar-refractivity contribution in [2.75, 3.05) is 13.2 Å². The van der Waals surface area contributed by atoms with E-state index in [4.69, 9.17) is 18.3 Å². The summed E-state index contributed by atoms with van der Waals surface area (Å²) in [5.74, 6) is 0.838. The highest BCUT2D eigenvalue weighted by atomic mass is 28.4. The number of rotatable bonds is 14. The van der Waals surface area contributed by atoms with Crippen LogP contribution in [0.4, 0.5) is 0 Å². The molecule has 0 spiro atoms. The molecule has 0 heterocycles. The van der Waals surface area contributed by atoms with Crippen molar-refractivity contribution in [2.45, 2.75) is 155 Å². The summed E-state index contributed by atoms with van der Waals surface area (Å²) in [5, 5.41) is 0.243. The van der Waals surface area contributed by atoms with Crippen molar-refractivity contribution in [1.82, 2.24) is 0 Å². The Bertz CT molecular complexity index is 861. The van der Waals surface area contributed by atoms with Gasteiger partial charge < -0.3 is 18.3 Å². The molecular weight excluding hydrogens is 545 g/mol. The van der Waals surface area contributed by atoms with Crippen molar-refractivity contribution >= 4 is 22.4 Å². The van der Waals surface area contributed by atoms with Gasteiger partial charge in [-0.25, -0.2) is 0 Å². The monoisotopic (exact) mass is 608 g/mol. The van der Waals surface area contributed by atoms with Crippen molar-refractivity contribution in [3.05, 3.63) is 24.3 Å². The number of hydrogen-bond acceptors (Lipinski definition) is 5. The molecule has 1 unspecified atom stereocenters. The van der Waals surface area contributed by atoms with E-state index in [0.29, 0.717) is 37.8 Å². The number of ether oxygens (including phenoxy) is 2. The normalized spacial score (nSPS) is 25.5. The van der Waals surface area contributed by atoms with Crippen LogP contribution in [0.25, 0.3) is 0 Å². The Balaban J connectivity index is 2.33. The Labute approximate surface area is 255 Å². The second-order valence-corrected chi connectivity index (χ2v) is 25.0. The lowest BCUT2D eigenvalue weighted by Crippen LogP contribution is -2.46.